The van der Waals surface area contributed by atoms with Gasteiger partial charge in [-0.3, -0.25) is 4.79 Å². The van der Waals surface area contributed by atoms with Gasteiger partial charge in [-0.25, -0.2) is 0 Å². The SMILES string of the molecule is O=C(NCCc1ncno1)c1cc(Cl)ccc1O. The van der Waals surface area contributed by atoms with Gasteiger partial charge in [0.1, 0.15) is 5.75 Å². The maximum atomic E-state index is 11.7. The average Bonchev–Trinajstić information content (AvgIpc) is 2.85. The third-order valence-electron chi connectivity index (χ3n) is 2.23. The minimum absolute atomic E-state index is 0.116. The summed E-state index contributed by atoms with van der Waals surface area (Å²) in [5.74, 6) is -0.0881. The maximum absolute atomic E-state index is 11.7. The summed E-state index contributed by atoms with van der Waals surface area (Å²) in [5.41, 5.74) is 0.132. The largest absolute Gasteiger partial charge is 0.507 e. The van der Waals surface area contributed by atoms with Crippen molar-refractivity contribution in [1.82, 2.24) is 15.5 Å². The second-order valence-corrected chi connectivity index (χ2v) is 3.94. The zero-order valence-corrected chi connectivity index (χ0v) is 10.0. The molecule has 2 aromatic rings. The van der Waals surface area contributed by atoms with Crippen LogP contribution >= 0.6 is 11.6 Å². The first-order valence-electron chi connectivity index (χ1n) is 5.19. The van der Waals surface area contributed by atoms with Gasteiger partial charge >= 0.3 is 0 Å². The molecule has 2 rings (SSSR count). The Morgan fingerprint density at radius 2 is 2.33 bits per heavy atom. The number of aromatic hydroxyl groups is 1. The highest BCUT2D eigenvalue weighted by Gasteiger charge is 2.11. The highest BCUT2D eigenvalue weighted by atomic mass is 35.5. The zero-order chi connectivity index (χ0) is 13.0. The van der Waals surface area contributed by atoms with Crippen LogP contribution in [0, 0.1) is 0 Å². The van der Waals surface area contributed by atoms with Crippen molar-refractivity contribution >= 4 is 17.5 Å². The van der Waals surface area contributed by atoms with Crippen LogP contribution in [0.4, 0.5) is 0 Å². The quantitative estimate of drug-likeness (QED) is 0.874. The molecule has 0 aliphatic carbocycles. The smallest absolute Gasteiger partial charge is 0.255 e. The number of hydrogen-bond donors (Lipinski definition) is 2. The molecule has 0 saturated carbocycles. The van der Waals surface area contributed by atoms with Crippen molar-refractivity contribution in [3.05, 3.63) is 41.0 Å². The molecule has 0 fully saturated rings. The van der Waals surface area contributed by atoms with Gasteiger partial charge in [0.25, 0.3) is 5.91 Å². The summed E-state index contributed by atoms with van der Waals surface area (Å²) < 4.78 is 4.78. The van der Waals surface area contributed by atoms with Crippen LogP contribution in [0.2, 0.25) is 5.02 Å². The van der Waals surface area contributed by atoms with Crippen molar-refractivity contribution in [1.29, 1.82) is 0 Å². The van der Waals surface area contributed by atoms with E-state index in [4.69, 9.17) is 16.1 Å². The number of benzene rings is 1. The second kappa shape index (κ2) is 5.50. The Labute approximate surface area is 108 Å². The molecular formula is C11H10ClN3O3. The van der Waals surface area contributed by atoms with Crippen molar-refractivity contribution < 1.29 is 14.4 Å². The molecule has 1 heterocycles. The monoisotopic (exact) mass is 267 g/mol. The van der Waals surface area contributed by atoms with E-state index in [0.717, 1.165) is 0 Å². The van der Waals surface area contributed by atoms with Crippen LogP contribution in [0.25, 0.3) is 0 Å². The average molecular weight is 268 g/mol. The third-order valence-corrected chi connectivity index (χ3v) is 2.47. The number of nitrogens with one attached hydrogen (secondary N) is 1. The van der Waals surface area contributed by atoms with Gasteiger partial charge in [-0.15, -0.1) is 0 Å². The number of amides is 1. The van der Waals surface area contributed by atoms with E-state index >= 15 is 0 Å². The predicted molar refractivity (Wildman–Crippen MR) is 63.5 cm³/mol. The molecule has 18 heavy (non-hydrogen) atoms. The lowest BCUT2D eigenvalue weighted by Gasteiger charge is -2.05. The standard InChI is InChI=1S/C11H10ClN3O3/c12-7-1-2-9(16)8(5-7)11(17)13-4-3-10-14-6-15-18-10/h1-2,5-6,16H,3-4H2,(H,13,17). The molecule has 2 N–H and O–H groups in total. The minimum Gasteiger partial charge on any atom is -0.507 e. The molecule has 7 heteroatoms. The summed E-state index contributed by atoms with van der Waals surface area (Å²) in [5, 5.41) is 16.0. The van der Waals surface area contributed by atoms with Crippen LogP contribution in [-0.4, -0.2) is 27.7 Å². The Balaban J connectivity index is 1.93. The van der Waals surface area contributed by atoms with E-state index in [-0.39, 0.29) is 11.3 Å². The number of carbonyl (C=O) groups excluding carboxylic acids is 1. The van der Waals surface area contributed by atoms with Crippen molar-refractivity contribution in [3.63, 3.8) is 0 Å². The molecule has 0 aliphatic rings. The van der Waals surface area contributed by atoms with Crippen molar-refractivity contribution in [2.45, 2.75) is 6.42 Å². The number of carbonyl (C=O) groups is 1. The molecule has 1 aromatic carbocycles. The fourth-order valence-corrected chi connectivity index (χ4v) is 1.55. The van der Waals surface area contributed by atoms with E-state index in [9.17, 15) is 9.90 Å². The molecule has 0 unspecified atom stereocenters. The van der Waals surface area contributed by atoms with Gasteiger partial charge < -0.3 is 14.9 Å². The van der Waals surface area contributed by atoms with Gasteiger partial charge in [-0.2, -0.15) is 4.98 Å². The normalized spacial score (nSPS) is 10.3. The lowest BCUT2D eigenvalue weighted by atomic mass is 10.2. The fraction of sp³-hybridized carbons (Fsp3) is 0.182. The molecule has 6 nitrogen and oxygen atoms in total. The Morgan fingerprint density at radius 1 is 1.50 bits per heavy atom. The third kappa shape index (κ3) is 2.98. The molecule has 94 valence electrons. The van der Waals surface area contributed by atoms with Gasteiger partial charge in [0.2, 0.25) is 5.89 Å². The van der Waals surface area contributed by atoms with Crippen LogP contribution in [0.15, 0.2) is 29.0 Å². The van der Waals surface area contributed by atoms with E-state index in [1.54, 1.807) is 0 Å². The number of halogens is 1. The van der Waals surface area contributed by atoms with E-state index in [2.05, 4.69) is 15.5 Å². The molecule has 1 amide bonds. The van der Waals surface area contributed by atoms with E-state index in [1.807, 2.05) is 0 Å². The summed E-state index contributed by atoms with van der Waals surface area (Å²) in [4.78, 5) is 15.6. The number of phenols is 1. The van der Waals surface area contributed by atoms with Crippen molar-refractivity contribution in [3.8, 4) is 5.75 Å². The van der Waals surface area contributed by atoms with Gasteiger partial charge in [-0.1, -0.05) is 16.8 Å². The summed E-state index contributed by atoms with van der Waals surface area (Å²) in [7, 11) is 0. The number of nitrogens with zero attached hydrogens (tertiary/aromatic N) is 2. The Kier molecular flexibility index (Phi) is 3.78. The Morgan fingerprint density at radius 3 is 3.06 bits per heavy atom. The van der Waals surface area contributed by atoms with E-state index in [0.29, 0.717) is 23.9 Å². The lowest BCUT2D eigenvalue weighted by Crippen LogP contribution is -2.25. The summed E-state index contributed by atoms with van der Waals surface area (Å²) in [6.45, 7) is 0.326. The molecule has 0 spiro atoms. The fourth-order valence-electron chi connectivity index (χ4n) is 1.37. The van der Waals surface area contributed by atoms with Crippen LogP contribution in [0.3, 0.4) is 0 Å². The first kappa shape index (κ1) is 12.4. The van der Waals surface area contributed by atoms with Crippen LogP contribution in [0.1, 0.15) is 16.2 Å². The zero-order valence-electron chi connectivity index (χ0n) is 9.26. The lowest BCUT2D eigenvalue weighted by molar-refractivity contribution is 0.0951. The molecule has 0 bridgehead atoms. The van der Waals surface area contributed by atoms with Crippen LogP contribution < -0.4 is 5.32 Å². The molecule has 0 saturated heterocycles. The summed E-state index contributed by atoms with van der Waals surface area (Å²) in [6.07, 6.45) is 1.72. The molecule has 0 radical (unpaired) electrons. The number of rotatable bonds is 4. The van der Waals surface area contributed by atoms with Gasteiger partial charge in [-0.05, 0) is 18.2 Å². The van der Waals surface area contributed by atoms with Gasteiger partial charge in [0, 0.05) is 18.0 Å². The van der Waals surface area contributed by atoms with Crippen molar-refractivity contribution in [2.75, 3.05) is 6.54 Å². The van der Waals surface area contributed by atoms with Crippen LogP contribution in [0.5, 0.6) is 5.75 Å². The second-order valence-electron chi connectivity index (χ2n) is 3.50. The van der Waals surface area contributed by atoms with Crippen molar-refractivity contribution in [2.24, 2.45) is 0 Å². The predicted octanol–water partition coefficient (Wildman–Crippen LogP) is 1.40. The first-order valence-corrected chi connectivity index (χ1v) is 5.57. The highest BCUT2D eigenvalue weighted by Crippen LogP contribution is 2.21. The molecular weight excluding hydrogens is 258 g/mol. The topological polar surface area (TPSA) is 88.3 Å². The summed E-state index contributed by atoms with van der Waals surface area (Å²) >= 11 is 5.75. The minimum atomic E-state index is -0.408. The molecule has 0 aliphatic heterocycles. The molecule has 0 atom stereocenters. The Bertz CT molecular complexity index is 542. The number of hydrogen-bond acceptors (Lipinski definition) is 5. The van der Waals surface area contributed by atoms with Gasteiger partial charge in [0.15, 0.2) is 6.33 Å². The number of aromatic nitrogens is 2. The van der Waals surface area contributed by atoms with Gasteiger partial charge in [0.05, 0.1) is 5.56 Å². The maximum Gasteiger partial charge on any atom is 0.255 e. The highest BCUT2D eigenvalue weighted by molar-refractivity contribution is 6.31. The Hall–Kier alpha value is -2.08. The van der Waals surface area contributed by atoms with Crippen LogP contribution in [-0.2, 0) is 6.42 Å². The number of phenolic OH excluding ortho intramolecular Hbond substituents is 1. The summed E-state index contributed by atoms with van der Waals surface area (Å²) in [6, 6.07) is 4.28. The van der Waals surface area contributed by atoms with E-state index < -0.39 is 5.91 Å². The molecule has 1 aromatic heterocycles. The van der Waals surface area contributed by atoms with E-state index in [1.165, 1.54) is 24.5 Å². The first-order chi connectivity index (χ1) is 8.66.